The molecule has 0 bridgehead atoms. The minimum atomic E-state index is 0.639. The van der Waals surface area contributed by atoms with Crippen molar-refractivity contribution in [2.75, 3.05) is 0 Å². The van der Waals surface area contributed by atoms with Crippen LogP contribution in [0.5, 0.6) is 0 Å². The number of rotatable bonds is 1. The average molecular weight is 122 g/mol. The van der Waals surface area contributed by atoms with E-state index >= 15 is 0 Å². The van der Waals surface area contributed by atoms with Crippen molar-refractivity contribution in [2.45, 2.75) is 34.4 Å². The van der Waals surface area contributed by atoms with Crippen LogP contribution < -0.4 is 0 Å². The lowest BCUT2D eigenvalue weighted by atomic mass is 9.49. The quantitative estimate of drug-likeness (QED) is 0.370. The summed E-state index contributed by atoms with van der Waals surface area (Å²) in [5.41, 5.74) is 5.88. The zero-order valence-electron chi connectivity index (χ0n) is 7.08. The van der Waals surface area contributed by atoms with E-state index in [1.807, 2.05) is 0 Å². The molecule has 0 aromatic heterocycles. The molecule has 0 rings (SSSR count). The summed E-state index contributed by atoms with van der Waals surface area (Å²) in [6.45, 7) is 11.3. The highest BCUT2D eigenvalue weighted by Gasteiger charge is 1.97. The van der Waals surface area contributed by atoms with Crippen LogP contribution in [-0.2, 0) is 0 Å². The molecule has 0 fully saturated rings. The molecule has 0 atom stereocenters. The second-order valence-corrected chi connectivity index (χ2v) is 2.96. The third-order valence-corrected chi connectivity index (χ3v) is 1.31. The molecule has 0 unspecified atom stereocenters. The Bertz CT molecular complexity index is 144. The Hall–Kier alpha value is -0.415. The third kappa shape index (κ3) is 4.11. The van der Waals surface area contributed by atoms with E-state index in [1.54, 1.807) is 0 Å². The predicted molar refractivity (Wildman–Crippen MR) is 45.0 cm³/mol. The van der Waals surface area contributed by atoms with Crippen molar-refractivity contribution in [1.29, 1.82) is 0 Å². The van der Waals surface area contributed by atoms with Crippen molar-refractivity contribution >= 4 is 6.71 Å². The SMILES string of the molecule is CB(C)C(C)=C=C(C)C. The van der Waals surface area contributed by atoms with Crippen LogP contribution in [0.3, 0.4) is 0 Å². The molecule has 0 amide bonds. The van der Waals surface area contributed by atoms with Crippen LogP contribution in [0.15, 0.2) is 16.8 Å². The summed E-state index contributed by atoms with van der Waals surface area (Å²) in [6.07, 6.45) is 0. The van der Waals surface area contributed by atoms with E-state index in [9.17, 15) is 0 Å². The van der Waals surface area contributed by atoms with Gasteiger partial charge in [0, 0.05) is 0 Å². The smallest absolute Gasteiger partial charge is 0.133 e. The molecule has 1 heteroatoms. The van der Waals surface area contributed by atoms with Gasteiger partial charge in [-0.1, -0.05) is 19.1 Å². The lowest BCUT2D eigenvalue weighted by molar-refractivity contribution is 1.39. The van der Waals surface area contributed by atoms with E-state index < -0.39 is 0 Å². The van der Waals surface area contributed by atoms with Gasteiger partial charge < -0.3 is 0 Å². The molecule has 0 aliphatic heterocycles. The Morgan fingerprint density at radius 2 is 1.56 bits per heavy atom. The summed E-state index contributed by atoms with van der Waals surface area (Å²) in [5, 5.41) is 0. The zero-order valence-corrected chi connectivity index (χ0v) is 7.08. The lowest BCUT2D eigenvalue weighted by Gasteiger charge is -1.95. The summed E-state index contributed by atoms with van der Waals surface area (Å²) in [4.78, 5) is 0. The van der Waals surface area contributed by atoms with E-state index in [1.165, 1.54) is 11.0 Å². The summed E-state index contributed by atoms with van der Waals surface area (Å²) in [5.74, 6) is 0. The van der Waals surface area contributed by atoms with Crippen LogP contribution in [0.2, 0.25) is 13.6 Å². The van der Waals surface area contributed by atoms with Crippen molar-refractivity contribution in [2.24, 2.45) is 0 Å². The van der Waals surface area contributed by atoms with E-state index in [4.69, 9.17) is 0 Å². The van der Waals surface area contributed by atoms with Gasteiger partial charge in [-0.05, 0) is 26.3 Å². The summed E-state index contributed by atoms with van der Waals surface area (Å²) in [7, 11) is 0. The van der Waals surface area contributed by atoms with E-state index in [0.717, 1.165) is 0 Å². The van der Waals surface area contributed by atoms with Gasteiger partial charge >= 0.3 is 0 Å². The molecule has 0 aliphatic carbocycles. The molecule has 0 N–H and O–H groups in total. The molecule has 0 heterocycles. The van der Waals surface area contributed by atoms with Gasteiger partial charge in [0.1, 0.15) is 0 Å². The van der Waals surface area contributed by atoms with E-state index in [-0.39, 0.29) is 0 Å². The number of hydrogen-bond donors (Lipinski definition) is 0. The maximum absolute atomic E-state index is 3.28. The highest BCUT2D eigenvalue weighted by molar-refractivity contribution is 6.63. The van der Waals surface area contributed by atoms with Gasteiger partial charge in [0.15, 0.2) is 6.71 Å². The fourth-order valence-electron chi connectivity index (χ4n) is 0.539. The maximum atomic E-state index is 3.28. The van der Waals surface area contributed by atoms with Crippen LogP contribution in [0.25, 0.3) is 0 Å². The second-order valence-electron chi connectivity index (χ2n) is 2.96. The fraction of sp³-hybridized carbons (Fsp3) is 0.625. The Morgan fingerprint density at radius 1 is 1.11 bits per heavy atom. The standard InChI is InChI=1S/C8H15B/c1-7(2)6-8(3)9(4)5/h1-5H3. The van der Waals surface area contributed by atoms with Crippen LogP contribution >= 0.6 is 0 Å². The molecule has 9 heavy (non-hydrogen) atoms. The highest BCUT2D eigenvalue weighted by atomic mass is 13.7. The van der Waals surface area contributed by atoms with Gasteiger partial charge in [0.05, 0.1) is 0 Å². The maximum Gasteiger partial charge on any atom is 0.174 e. The molecule has 0 aromatic carbocycles. The first-order valence-electron chi connectivity index (χ1n) is 3.44. The Labute approximate surface area is 58.7 Å². The minimum Gasteiger partial charge on any atom is -0.133 e. The van der Waals surface area contributed by atoms with Crippen molar-refractivity contribution in [1.82, 2.24) is 0 Å². The molecule has 0 radical (unpaired) electrons. The molecule has 50 valence electrons. The van der Waals surface area contributed by atoms with Gasteiger partial charge in [-0.2, -0.15) is 0 Å². The molecular formula is C8H15B. The monoisotopic (exact) mass is 122 g/mol. The van der Waals surface area contributed by atoms with Gasteiger partial charge in [-0.15, -0.1) is 5.73 Å². The van der Waals surface area contributed by atoms with Gasteiger partial charge in [-0.3, -0.25) is 0 Å². The highest BCUT2D eigenvalue weighted by Crippen LogP contribution is 1.98. The first-order valence-corrected chi connectivity index (χ1v) is 3.44. The predicted octanol–water partition coefficient (Wildman–Crippen LogP) is 2.79. The van der Waals surface area contributed by atoms with Crippen LogP contribution in [0.4, 0.5) is 0 Å². The Balaban J connectivity index is 4.35. The molecule has 0 saturated heterocycles. The minimum absolute atomic E-state index is 0.639. The van der Waals surface area contributed by atoms with Gasteiger partial charge in [-0.25, -0.2) is 0 Å². The van der Waals surface area contributed by atoms with Crippen molar-refractivity contribution in [3.05, 3.63) is 16.8 Å². The first kappa shape index (κ1) is 8.58. The average Bonchev–Trinajstić information content (AvgIpc) is 1.63. The normalized spacial score (nSPS) is 8.11. The first-order chi connectivity index (χ1) is 4.04. The van der Waals surface area contributed by atoms with Crippen molar-refractivity contribution in [3.63, 3.8) is 0 Å². The fourth-order valence-corrected chi connectivity index (χ4v) is 0.539. The lowest BCUT2D eigenvalue weighted by Crippen LogP contribution is -2.00. The van der Waals surface area contributed by atoms with Crippen LogP contribution in [-0.4, -0.2) is 6.71 Å². The molecule has 0 nitrogen and oxygen atoms in total. The molecule has 0 saturated carbocycles. The van der Waals surface area contributed by atoms with Crippen LogP contribution in [0.1, 0.15) is 20.8 Å². The summed E-state index contributed by atoms with van der Waals surface area (Å²) >= 11 is 0. The van der Waals surface area contributed by atoms with E-state index in [0.29, 0.717) is 6.71 Å². The van der Waals surface area contributed by atoms with Gasteiger partial charge in [0.25, 0.3) is 0 Å². The summed E-state index contributed by atoms with van der Waals surface area (Å²) < 4.78 is 0. The molecular weight excluding hydrogens is 107 g/mol. The summed E-state index contributed by atoms with van der Waals surface area (Å²) in [6, 6.07) is 0. The van der Waals surface area contributed by atoms with Crippen molar-refractivity contribution in [3.8, 4) is 0 Å². The molecule has 0 spiro atoms. The molecule has 0 aromatic rings. The zero-order chi connectivity index (χ0) is 7.44. The topological polar surface area (TPSA) is 0 Å². The van der Waals surface area contributed by atoms with Crippen LogP contribution in [0, 0.1) is 0 Å². The third-order valence-electron chi connectivity index (χ3n) is 1.31. The Kier molecular flexibility index (Phi) is 3.41. The second kappa shape index (κ2) is 3.58. The van der Waals surface area contributed by atoms with Crippen molar-refractivity contribution < 1.29 is 0 Å². The Morgan fingerprint density at radius 3 is 1.67 bits per heavy atom. The molecule has 0 aliphatic rings. The van der Waals surface area contributed by atoms with Gasteiger partial charge in [0.2, 0.25) is 0 Å². The number of allylic oxidation sites excluding steroid dienone is 1. The van der Waals surface area contributed by atoms with E-state index in [2.05, 4.69) is 40.1 Å². The number of hydrogen-bond acceptors (Lipinski definition) is 0. The largest absolute Gasteiger partial charge is 0.174 e.